The van der Waals surface area contributed by atoms with E-state index in [1.54, 1.807) is 12.1 Å². The first-order chi connectivity index (χ1) is 9.71. The Kier molecular flexibility index (Phi) is 3.22. The summed E-state index contributed by atoms with van der Waals surface area (Å²) in [4.78, 5) is 16.5. The Bertz CT molecular complexity index is 588. The van der Waals surface area contributed by atoms with Crippen LogP contribution in [-0.2, 0) is 10.2 Å². The number of amides is 1. The molecule has 2 N–H and O–H groups in total. The number of carbonyl (C=O) groups is 1. The van der Waals surface area contributed by atoms with Crippen molar-refractivity contribution in [3.05, 3.63) is 42.0 Å². The van der Waals surface area contributed by atoms with E-state index in [0.717, 1.165) is 31.2 Å². The molecule has 1 fully saturated rings. The third-order valence-corrected chi connectivity index (χ3v) is 3.94. The molecule has 2 aromatic rings. The summed E-state index contributed by atoms with van der Waals surface area (Å²) in [6.45, 7) is 0. The number of halogens is 1. The van der Waals surface area contributed by atoms with Gasteiger partial charge in [0, 0.05) is 0 Å². The number of H-pyrrole nitrogens is 1. The minimum Gasteiger partial charge on any atom is -0.294 e. The molecule has 0 spiro atoms. The van der Waals surface area contributed by atoms with Gasteiger partial charge in [0.15, 0.2) is 0 Å². The van der Waals surface area contributed by atoms with Crippen LogP contribution >= 0.6 is 0 Å². The molecular formula is C14H15FN4O. The van der Waals surface area contributed by atoms with Crippen LogP contribution in [0.25, 0.3) is 0 Å². The number of nitrogens with one attached hydrogen (secondary N) is 2. The fourth-order valence-corrected chi connectivity index (χ4v) is 2.89. The normalized spacial score (nSPS) is 17.1. The van der Waals surface area contributed by atoms with E-state index < -0.39 is 5.41 Å². The first kappa shape index (κ1) is 12.8. The lowest BCUT2D eigenvalue weighted by molar-refractivity contribution is -0.121. The van der Waals surface area contributed by atoms with E-state index in [2.05, 4.69) is 20.5 Å². The second kappa shape index (κ2) is 5.03. The third kappa shape index (κ3) is 2.17. The number of anilines is 1. The highest BCUT2D eigenvalue weighted by Gasteiger charge is 2.42. The molecular weight excluding hydrogens is 259 g/mol. The van der Waals surface area contributed by atoms with E-state index >= 15 is 0 Å². The number of aromatic amines is 1. The van der Waals surface area contributed by atoms with Crippen molar-refractivity contribution in [2.24, 2.45) is 0 Å². The van der Waals surface area contributed by atoms with Crippen LogP contribution in [0.3, 0.4) is 0 Å². The van der Waals surface area contributed by atoms with Gasteiger partial charge in [-0.2, -0.15) is 10.1 Å². The SMILES string of the molecule is O=C(Nc1ncn[nH]1)C1(c2ccc(F)cc2)CCCC1. The summed E-state index contributed by atoms with van der Waals surface area (Å²) in [5.74, 6) is -0.0701. The van der Waals surface area contributed by atoms with Crippen molar-refractivity contribution in [2.75, 3.05) is 5.32 Å². The number of benzene rings is 1. The van der Waals surface area contributed by atoms with E-state index in [9.17, 15) is 9.18 Å². The predicted molar refractivity (Wildman–Crippen MR) is 71.6 cm³/mol. The van der Waals surface area contributed by atoms with Crippen molar-refractivity contribution in [1.29, 1.82) is 0 Å². The first-order valence-electron chi connectivity index (χ1n) is 6.64. The lowest BCUT2D eigenvalue weighted by Gasteiger charge is -2.27. The van der Waals surface area contributed by atoms with Crippen LogP contribution in [0.15, 0.2) is 30.6 Å². The van der Waals surface area contributed by atoms with Crippen molar-refractivity contribution >= 4 is 11.9 Å². The van der Waals surface area contributed by atoms with Crippen molar-refractivity contribution in [3.8, 4) is 0 Å². The standard InChI is InChI=1S/C14H15FN4O/c15-11-5-3-10(4-6-11)14(7-1-2-8-14)12(20)18-13-16-9-17-19-13/h3-6,9H,1-2,7-8H2,(H2,16,17,18,19,20). The van der Waals surface area contributed by atoms with Gasteiger partial charge in [-0.3, -0.25) is 10.1 Å². The summed E-state index contributed by atoms with van der Waals surface area (Å²) in [6.07, 6.45) is 4.84. The van der Waals surface area contributed by atoms with Crippen molar-refractivity contribution in [2.45, 2.75) is 31.1 Å². The van der Waals surface area contributed by atoms with Crippen LogP contribution in [0, 0.1) is 5.82 Å². The number of carbonyl (C=O) groups excluding carboxylic acids is 1. The van der Waals surface area contributed by atoms with E-state index in [-0.39, 0.29) is 11.7 Å². The Balaban J connectivity index is 1.91. The molecule has 1 aliphatic rings. The van der Waals surface area contributed by atoms with E-state index in [4.69, 9.17) is 0 Å². The van der Waals surface area contributed by atoms with Gasteiger partial charge in [0.25, 0.3) is 0 Å². The quantitative estimate of drug-likeness (QED) is 0.902. The molecule has 0 aliphatic heterocycles. The lowest BCUT2D eigenvalue weighted by atomic mass is 9.78. The maximum atomic E-state index is 13.1. The van der Waals surface area contributed by atoms with Gasteiger partial charge in [-0.25, -0.2) is 9.49 Å². The molecule has 1 amide bonds. The largest absolute Gasteiger partial charge is 0.294 e. The Labute approximate surface area is 115 Å². The summed E-state index contributed by atoms with van der Waals surface area (Å²) in [7, 11) is 0. The fraction of sp³-hybridized carbons (Fsp3) is 0.357. The van der Waals surface area contributed by atoms with Crippen LogP contribution in [0.5, 0.6) is 0 Å². The molecule has 104 valence electrons. The highest BCUT2D eigenvalue weighted by molar-refractivity contribution is 5.98. The molecule has 0 bridgehead atoms. The van der Waals surface area contributed by atoms with E-state index in [0.29, 0.717) is 5.95 Å². The average molecular weight is 274 g/mol. The van der Waals surface area contributed by atoms with Crippen molar-refractivity contribution in [3.63, 3.8) is 0 Å². The second-order valence-electron chi connectivity index (χ2n) is 5.08. The minimum absolute atomic E-state index is 0.113. The molecule has 1 aromatic heterocycles. The molecule has 3 rings (SSSR count). The second-order valence-corrected chi connectivity index (χ2v) is 5.08. The maximum Gasteiger partial charge on any atom is 0.237 e. The Morgan fingerprint density at radius 2 is 1.95 bits per heavy atom. The molecule has 0 saturated heterocycles. The van der Waals surface area contributed by atoms with E-state index in [1.165, 1.54) is 18.5 Å². The predicted octanol–water partition coefficient (Wildman–Crippen LogP) is 2.39. The number of aromatic nitrogens is 3. The van der Waals surface area contributed by atoms with Crippen molar-refractivity contribution < 1.29 is 9.18 Å². The van der Waals surface area contributed by atoms with Gasteiger partial charge in [0.1, 0.15) is 12.1 Å². The summed E-state index contributed by atoms with van der Waals surface area (Å²) in [5.41, 5.74) is 0.258. The zero-order chi connectivity index (χ0) is 14.0. The average Bonchev–Trinajstić information content (AvgIpc) is 3.10. The third-order valence-electron chi connectivity index (χ3n) is 3.94. The summed E-state index contributed by atoms with van der Waals surface area (Å²) >= 11 is 0. The molecule has 0 unspecified atom stereocenters. The molecule has 1 heterocycles. The van der Waals surface area contributed by atoms with Crippen LogP contribution in [0.2, 0.25) is 0 Å². The highest BCUT2D eigenvalue weighted by Crippen LogP contribution is 2.41. The van der Waals surface area contributed by atoms with Gasteiger partial charge < -0.3 is 0 Å². The summed E-state index contributed by atoms with van der Waals surface area (Å²) < 4.78 is 13.1. The minimum atomic E-state index is -0.597. The molecule has 5 nitrogen and oxygen atoms in total. The van der Waals surface area contributed by atoms with Crippen LogP contribution in [-0.4, -0.2) is 21.1 Å². The fourth-order valence-electron chi connectivity index (χ4n) is 2.89. The van der Waals surface area contributed by atoms with Crippen molar-refractivity contribution in [1.82, 2.24) is 15.2 Å². The Morgan fingerprint density at radius 3 is 2.55 bits per heavy atom. The van der Waals surface area contributed by atoms with Gasteiger partial charge >= 0.3 is 0 Å². The zero-order valence-corrected chi connectivity index (χ0v) is 10.9. The topological polar surface area (TPSA) is 70.7 Å². The molecule has 1 saturated carbocycles. The maximum absolute atomic E-state index is 13.1. The van der Waals surface area contributed by atoms with Crippen LogP contribution < -0.4 is 5.32 Å². The van der Waals surface area contributed by atoms with Gasteiger partial charge in [-0.1, -0.05) is 25.0 Å². The van der Waals surface area contributed by atoms with E-state index in [1.807, 2.05) is 0 Å². The number of nitrogens with zero attached hydrogens (tertiary/aromatic N) is 2. The van der Waals surface area contributed by atoms with Gasteiger partial charge in [0.2, 0.25) is 11.9 Å². The summed E-state index contributed by atoms with van der Waals surface area (Å²) in [6, 6.07) is 6.19. The first-order valence-corrected chi connectivity index (χ1v) is 6.64. The summed E-state index contributed by atoms with van der Waals surface area (Å²) in [5, 5.41) is 9.08. The zero-order valence-electron chi connectivity index (χ0n) is 10.9. The van der Waals surface area contributed by atoms with Gasteiger partial charge in [-0.15, -0.1) is 0 Å². The monoisotopic (exact) mass is 274 g/mol. The smallest absolute Gasteiger partial charge is 0.237 e. The highest BCUT2D eigenvalue weighted by atomic mass is 19.1. The molecule has 1 aromatic carbocycles. The van der Waals surface area contributed by atoms with Crippen LogP contribution in [0.1, 0.15) is 31.2 Å². The molecule has 1 aliphatic carbocycles. The Hall–Kier alpha value is -2.24. The number of rotatable bonds is 3. The lowest BCUT2D eigenvalue weighted by Crippen LogP contribution is -2.38. The number of hydrogen-bond donors (Lipinski definition) is 2. The number of hydrogen-bond acceptors (Lipinski definition) is 3. The molecule has 6 heteroatoms. The molecule has 20 heavy (non-hydrogen) atoms. The van der Waals surface area contributed by atoms with Gasteiger partial charge in [-0.05, 0) is 30.5 Å². The molecule has 0 atom stereocenters. The Morgan fingerprint density at radius 1 is 1.25 bits per heavy atom. The van der Waals surface area contributed by atoms with Crippen LogP contribution in [0.4, 0.5) is 10.3 Å². The van der Waals surface area contributed by atoms with Gasteiger partial charge in [0.05, 0.1) is 5.41 Å². The molecule has 0 radical (unpaired) electrons.